The number of hydrogen-bond acceptors (Lipinski definition) is 3. The third-order valence-electron chi connectivity index (χ3n) is 4.31. The first kappa shape index (κ1) is 18.7. The lowest BCUT2D eigenvalue weighted by atomic mass is 10.0. The number of ether oxygens (including phenoxy) is 1. The van der Waals surface area contributed by atoms with Crippen molar-refractivity contribution in [1.82, 2.24) is 15.5 Å². The van der Waals surface area contributed by atoms with Crippen molar-refractivity contribution >= 4 is 5.96 Å². The minimum atomic E-state index is 0.326. The van der Waals surface area contributed by atoms with Gasteiger partial charge in [-0.25, -0.2) is 0 Å². The van der Waals surface area contributed by atoms with Crippen molar-refractivity contribution in [3.05, 3.63) is 35.4 Å². The number of morpholine rings is 1. The molecule has 0 aliphatic carbocycles. The molecule has 1 aliphatic rings. The third kappa shape index (κ3) is 5.80. The zero-order chi connectivity index (χ0) is 17.4. The molecular weight excluding hydrogens is 300 g/mol. The molecule has 1 fully saturated rings. The molecule has 0 spiro atoms. The lowest BCUT2D eigenvalue weighted by Gasteiger charge is -2.35. The molecule has 1 unspecified atom stereocenters. The van der Waals surface area contributed by atoms with Gasteiger partial charge in [-0.15, -0.1) is 0 Å². The Kier molecular flexibility index (Phi) is 7.53. The molecule has 0 bridgehead atoms. The highest BCUT2D eigenvalue weighted by atomic mass is 16.5. The fraction of sp³-hybridized carbons (Fsp3) is 0.632. The molecule has 1 heterocycles. The van der Waals surface area contributed by atoms with Gasteiger partial charge in [0, 0.05) is 33.2 Å². The standard InChI is InChI=1S/C19H32N4O/c1-15(2)13-21-19(20-4)22-14-18(23-9-11-24-12-10-23)17-7-5-16(3)6-8-17/h5-8,15,18H,9-14H2,1-4H3,(H2,20,21,22). The molecule has 0 aromatic heterocycles. The van der Waals surface area contributed by atoms with Crippen LogP contribution in [0.3, 0.4) is 0 Å². The fourth-order valence-corrected chi connectivity index (χ4v) is 2.85. The Balaban J connectivity index is 2.03. The van der Waals surface area contributed by atoms with Crippen LogP contribution in [0, 0.1) is 12.8 Å². The summed E-state index contributed by atoms with van der Waals surface area (Å²) in [7, 11) is 1.82. The van der Waals surface area contributed by atoms with Crippen LogP contribution in [0.1, 0.15) is 31.0 Å². The van der Waals surface area contributed by atoms with Crippen molar-refractivity contribution in [2.24, 2.45) is 10.9 Å². The summed E-state index contributed by atoms with van der Waals surface area (Å²) >= 11 is 0. The highest BCUT2D eigenvalue weighted by Crippen LogP contribution is 2.21. The van der Waals surface area contributed by atoms with E-state index in [0.29, 0.717) is 12.0 Å². The van der Waals surface area contributed by atoms with Gasteiger partial charge in [0.05, 0.1) is 19.3 Å². The van der Waals surface area contributed by atoms with Crippen molar-refractivity contribution in [2.75, 3.05) is 46.4 Å². The molecule has 1 aromatic carbocycles. The molecule has 134 valence electrons. The Labute approximate surface area is 146 Å². The summed E-state index contributed by atoms with van der Waals surface area (Å²) in [6.45, 7) is 11.8. The maximum Gasteiger partial charge on any atom is 0.191 e. The summed E-state index contributed by atoms with van der Waals surface area (Å²) in [6.07, 6.45) is 0. The van der Waals surface area contributed by atoms with E-state index >= 15 is 0 Å². The first-order chi connectivity index (χ1) is 11.6. The summed E-state index contributed by atoms with van der Waals surface area (Å²) in [6, 6.07) is 9.18. The highest BCUT2D eigenvalue weighted by Gasteiger charge is 2.22. The second kappa shape index (κ2) is 9.64. The summed E-state index contributed by atoms with van der Waals surface area (Å²) in [5, 5.41) is 6.88. The molecule has 1 aliphatic heterocycles. The molecule has 1 saturated heterocycles. The van der Waals surface area contributed by atoms with E-state index in [-0.39, 0.29) is 0 Å². The van der Waals surface area contributed by atoms with Gasteiger partial charge in [0.2, 0.25) is 0 Å². The first-order valence-electron chi connectivity index (χ1n) is 8.93. The highest BCUT2D eigenvalue weighted by molar-refractivity contribution is 5.79. The van der Waals surface area contributed by atoms with E-state index in [1.165, 1.54) is 11.1 Å². The Hall–Kier alpha value is -1.59. The maximum atomic E-state index is 5.52. The van der Waals surface area contributed by atoms with Gasteiger partial charge in [-0.05, 0) is 18.4 Å². The zero-order valence-corrected chi connectivity index (χ0v) is 15.5. The van der Waals surface area contributed by atoms with Gasteiger partial charge >= 0.3 is 0 Å². The average Bonchev–Trinajstić information content (AvgIpc) is 2.60. The smallest absolute Gasteiger partial charge is 0.191 e. The normalized spacial score (nSPS) is 17.8. The van der Waals surface area contributed by atoms with Crippen LogP contribution in [-0.4, -0.2) is 57.3 Å². The number of hydrogen-bond donors (Lipinski definition) is 2. The minimum Gasteiger partial charge on any atom is -0.379 e. The minimum absolute atomic E-state index is 0.326. The van der Waals surface area contributed by atoms with E-state index in [9.17, 15) is 0 Å². The fourth-order valence-electron chi connectivity index (χ4n) is 2.85. The zero-order valence-electron chi connectivity index (χ0n) is 15.5. The SMILES string of the molecule is CN=C(NCC(C)C)NCC(c1ccc(C)cc1)N1CCOCC1. The van der Waals surface area contributed by atoms with Crippen LogP contribution < -0.4 is 10.6 Å². The van der Waals surface area contributed by atoms with Crippen molar-refractivity contribution in [2.45, 2.75) is 26.8 Å². The van der Waals surface area contributed by atoms with Crippen LogP contribution in [-0.2, 0) is 4.74 Å². The van der Waals surface area contributed by atoms with E-state index in [1.54, 1.807) is 0 Å². The van der Waals surface area contributed by atoms with Crippen LogP contribution in [0.15, 0.2) is 29.3 Å². The van der Waals surface area contributed by atoms with Crippen LogP contribution in [0.4, 0.5) is 0 Å². The topological polar surface area (TPSA) is 48.9 Å². The lowest BCUT2D eigenvalue weighted by molar-refractivity contribution is 0.0170. The maximum absolute atomic E-state index is 5.52. The average molecular weight is 332 g/mol. The molecule has 5 nitrogen and oxygen atoms in total. The number of nitrogens with one attached hydrogen (secondary N) is 2. The second-order valence-electron chi connectivity index (χ2n) is 6.80. The van der Waals surface area contributed by atoms with Gasteiger partial charge in [0.25, 0.3) is 0 Å². The van der Waals surface area contributed by atoms with Gasteiger partial charge in [0.1, 0.15) is 0 Å². The Bertz CT molecular complexity index is 507. The number of guanidine groups is 1. The number of aliphatic imine (C=N–C) groups is 1. The number of aryl methyl sites for hydroxylation is 1. The van der Waals surface area contributed by atoms with E-state index in [4.69, 9.17) is 4.74 Å². The predicted molar refractivity (Wildman–Crippen MR) is 101 cm³/mol. The van der Waals surface area contributed by atoms with E-state index < -0.39 is 0 Å². The largest absolute Gasteiger partial charge is 0.379 e. The van der Waals surface area contributed by atoms with Crippen LogP contribution >= 0.6 is 0 Å². The van der Waals surface area contributed by atoms with Crippen molar-refractivity contribution in [3.8, 4) is 0 Å². The third-order valence-corrected chi connectivity index (χ3v) is 4.31. The van der Waals surface area contributed by atoms with Crippen LogP contribution in [0.2, 0.25) is 0 Å². The number of benzene rings is 1. The molecule has 1 atom stereocenters. The molecule has 0 amide bonds. The number of rotatable bonds is 6. The van der Waals surface area contributed by atoms with E-state index in [0.717, 1.165) is 45.4 Å². The van der Waals surface area contributed by atoms with Crippen molar-refractivity contribution < 1.29 is 4.74 Å². The molecule has 2 rings (SSSR count). The second-order valence-corrected chi connectivity index (χ2v) is 6.80. The Morgan fingerprint density at radius 3 is 2.33 bits per heavy atom. The van der Waals surface area contributed by atoms with Gasteiger partial charge in [-0.1, -0.05) is 43.7 Å². The van der Waals surface area contributed by atoms with E-state index in [2.05, 4.69) is 65.6 Å². The van der Waals surface area contributed by atoms with E-state index in [1.807, 2.05) is 7.05 Å². The monoisotopic (exact) mass is 332 g/mol. The summed E-state index contributed by atoms with van der Waals surface area (Å²) < 4.78 is 5.52. The lowest BCUT2D eigenvalue weighted by Crippen LogP contribution is -2.46. The molecule has 2 N–H and O–H groups in total. The van der Waals surface area contributed by atoms with Crippen LogP contribution in [0.25, 0.3) is 0 Å². The molecule has 0 radical (unpaired) electrons. The Morgan fingerprint density at radius 1 is 1.12 bits per heavy atom. The Morgan fingerprint density at radius 2 is 1.75 bits per heavy atom. The van der Waals surface area contributed by atoms with Crippen LogP contribution in [0.5, 0.6) is 0 Å². The first-order valence-corrected chi connectivity index (χ1v) is 8.93. The summed E-state index contributed by atoms with van der Waals surface area (Å²) in [5.41, 5.74) is 2.64. The van der Waals surface area contributed by atoms with Crippen molar-refractivity contribution in [3.63, 3.8) is 0 Å². The van der Waals surface area contributed by atoms with Gasteiger partial charge in [-0.3, -0.25) is 9.89 Å². The summed E-state index contributed by atoms with van der Waals surface area (Å²) in [4.78, 5) is 6.83. The summed E-state index contributed by atoms with van der Waals surface area (Å²) in [5.74, 6) is 1.46. The van der Waals surface area contributed by atoms with Gasteiger partial charge in [0.15, 0.2) is 5.96 Å². The number of nitrogens with zero attached hydrogens (tertiary/aromatic N) is 2. The van der Waals surface area contributed by atoms with Gasteiger partial charge in [-0.2, -0.15) is 0 Å². The predicted octanol–water partition coefficient (Wildman–Crippen LogP) is 2.19. The van der Waals surface area contributed by atoms with Gasteiger partial charge < -0.3 is 15.4 Å². The molecule has 0 saturated carbocycles. The molecular formula is C19H32N4O. The quantitative estimate of drug-likeness (QED) is 0.619. The molecule has 5 heteroatoms. The molecule has 1 aromatic rings. The van der Waals surface area contributed by atoms with Crippen molar-refractivity contribution in [1.29, 1.82) is 0 Å². The molecule has 24 heavy (non-hydrogen) atoms.